The third kappa shape index (κ3) is 3.05. The molecule has 0 saturated heterocycles. The highest BCUT2D eigenvalue weighted by atomic mass is 32.2. The van der Waals surface area contributed by atoms with Gasteiger partial charge in [-0.2, -0.15) is 14.7 Å². The van der Waals surface area contributed by atoms with E-state index in [0.717, 1.165) is 0 Å². The van der Waals surface area contributed by atoms with E-state index in [1.807, 2.05) is 6.07 Å². The predicted molar refractivity (Wildman–Crippen MR) is 62.4 cm³/mol. The van der Waals surface area contributed by atoms with Crippen molar-refractivity contribution in [1.29, 1.82) is 5.26 Å². The number of nitriles is 1. The number of aryl methyl sites for hydroxylation is 1. The van der Waals surface area contributed by atoms with E-state index in [1.165, 1.54) is 21.4 Å². The second kappa shape index (κ2) is 5.29. The van der Waals surface area contributed by atoms with E-state index in [-0.39, 0.29) is 17.4 Å². The van der Waals surface area contributed by atoms with Gasteiger partial charge in [0.15, 0.2) is 0 Å². The summed E-state index contributed by atoms with van der Waals surface area (Å²) in [5, 5.41) is 12.6. The zero-order valence-corrected chi connectivity index (χ0v) is 11.0. The summed E-state index contributed by atoms with van der Waals surface area (Å²) in [7, 11) is -1.88. The first-order valence-corrected chi connectivity index (χ1v) is 6.74. The van der Waals surface area contributed by atoms with E-state index in [1.54, 1.807) is 20.9 Å². The molecule has 17 heavy (non-hydrogen) atoms. The monoisotopic (exact) mass is 256 g/mol. The Morgan fingerprint density at radius 2 is 2.29 bits per heavy atom. The van der Waals surface area contributed by atoms with E-state index in [0.29, 0.717) is 6.54 Å². The van der Waals surface area contributed by atoms with Crippen LogP contribution in [0, 0.1) is 17.2 Å². The topological polar surface area (TPSA) is 79.0 Å². The third-order valence-corrected chi connectivity index (χ3v) is 4.26. The van der Waals surface area contributed by atoms with Crippen LogP contribution in [0.25, 0.3) is 0 Å². The molecular formula is C10H16N4O2S. The summed E-state index contributed by atoms with van der Waals surface area (Å²) in [6.07, 6.45) is 2.77. The van der Waals surface area contributed by atoms with Gasteiger partial charge in [0.25, 0.3) is 0 Å². The highest BCUT2D eigenvalue weighted by molar-refractivity contribution is 7.89. The summed E-state index contributed by atoms with van der Waals surface area (Å²) in [6, 6.07) is 2.03. The molecule has 1 rings (SSSR count). The van der Waals surface area contributed by atoms with Gasteiger partial charge < -0.3 is 0 Å². The van der Waals surface area contributed by atoms with Crippen molar-refractivity contribution in [2.24, 2.45) is 13.0 Å². The molecule has 0 aliphatic heterocycles. The van der Waals surface area contributed by atoms with Crippen LogP contribution < -0.4 is 0 Å². The highest BCUT2D eigenvalue weighted by Gasteiger charge is 2.25. The second-order valence-corrected chi connectivity index (χ2v) is 5.77. The predicted octanol–water partition coefficient (Wildman–Crippen LogP) is 0.590. The fourth-order valence-electron chi connectivity index (χ4n) is 1.42. The van der Waals surface area contributed by atoms with Gasteiger partial charge in [0.1, 0.15) is 4.90 Å². The van der Waals surface area contributed by atoms with Crippen LogP contribution in [0.2, 0.25) is 0 Å². The number of aromatic nitrogens is 2. The lowest BCUT2D eigenvalue weighted by Gasteiger charge is -2.20. The maximum Gasteiger partial charge on any atom is 0.246 e. The van der Waals surface area contributed by atoms with Crippen molar-refractivity contribution in [3.8, 4) is 6.07 Å². The Bertz CT molecular complexity index is 515. The number of rotatable bonds is 5. The van der Waals surface area contributed by atoms with Crippen molar-refractivity contribution >= 4 is 10.0 Å². The van der Waals surface area contributed by atoms with Gasteiger partial charge in [0, 0.05) is 26.3 Å². The van der Waals surface area contributed by atoms with Gasteiger partial charge in [-0.15, -0.1) is 0 Å². The Morgan fingerprint density at radius 1 is 1.65 bits per heavy atom. The molecule has 7 heteroatoms. The van der Waals surface area contributed by atoms with Crippen LogP contribution in [0.4, 0.5) is 0 Å². The summed E-state index contributed by atoms with van der Waals surface area (Å²) in [5.41, 5.74) is 0. The molecule has 0 fully saturated rings. The van der Waals surface area contributed by atoms with Crippen molar-refractivity contribution < 1.29 is 8.42 Å². The molecule has 0 radical (unpaired) electrons. The summed E-state index contributed by atoms with van der Waals surface area (Å²) in [4.78, 5) is 0.159. The molecule has 1 aromatic rings. The lowest BCUT2D eigenvalue weighted by Crippen LogP contribution is -2.34. The standard InChI is InChI=1S/C10H16N4O2S/c1-4-14(7-9(2)5-11)17(15,16)10-6-12-13(3)8-10/h6,8-9H,4,7H2,1-3H3. The highest BCUT2D eigenvalue weighted by Crippen LogP contribution is 2.15. The Balaban J connectivity index is 2.99. The number of sulfonamides is 1. The zero-order chi connectivity index (χ0) is 13.1. The molecular weight excluding hydrogens is 240 g/mol. The summed E-state index contributed by atoms with van der Waals surface area (Å²) in [6.45, 7) is 3.98. The van der Waals surface area contributed by atoms with Crippen molar-refractivity contribution in [3.05, 3.63) is 12.4 Å². The number of hydrogen-bond acceptors (Lipinski definition) is 4. The molecule has 0 spiro atoms. The number of nitrogens with zero attached hydrogens (tertiary/aromatic N) is 4. The summed E-state index contributed by atoms with van der Waals surface area (Å²) < 4.78 is 27.1. The van der Waals surface area contributed by atoms with Crippen molar-refractivity contribution in [2.45, 2.75) is 18.7 Å². The zero-order valence-electron chi connectivity index (χ0n) is 10.2. The smallest absolute Gasteiger partial charge is 0.246 e. The molecule has 0 amide bonds. The molecule has 1 aromatic heterocycles. The SMILES string of the molecule is CCN(CC(C)C#N)S(=O)(=O)c1cnn(C)c1. The van der Waals surface area contributed by atoms with Crippen LogP contribution in [0.1, 0.15) is 13.8 Å². The van der Waals surface area contributed by atoms with E-state index in [9.17, 15) is 8.42 Å². The Kier molecular flexibility index (Phi) is 4.26. The van der Waals surface area contributed by atoms with Gasteiger partial charge in [-0.05, 0) is 6.92 Å². The Hall–Kier alpha value is -1.39. The maximum absolute atomic E-state index is 12.2. The van der Waals surface area contributed by atoms with Crippen LogP contribution in [0.5, 0.6) is 0 Å². The molecule has 6 nitrogen and oxygen atoms in total. The van der Waals surface area contributed by atoms with Crippen molar-refractivity contribution in [1.82, 2.24) is 14.1 Å². The minimum Gasteiger partial charge on any atom is -0.274 e. The minimum atomic E-state index is -3.54. The minimum absolute atomic E-state index is 0.159. The van der Waals surface area contributed by atoms with E-state index in [4.69, 9.17) is 5.26 Å². The van der Waals surface area contributed by atoms with Gasteiger partial charge in [0.05, 0.1) is 18.2 Å². The van der Waals surface area contributed by atoms with Gasteiger partial charge >= 0.3 is 0 Å². The van der Waals surface area contributed by atoms with Crippen molar-refractivity contribution in [2.75, 3.05) is 13.1 Å². The molecule has 0 aliphatic carbocycles. The average molecular weight is 256 g/mol. The second-order valence-electron chi connectivity index (χ2n) is 3.84. The first kappa shape index (κ1) is 13.7. The third-order valence-electron chi connectivity index (χ3n) is 2.37. The largest absolute Gasteiger partial charge is 0.274 e. The van der Waals surface area contributed by atoms with Gasteiger partial charge in [-0.3, -0.25) is 4.68 Å². The average Bonchev–Trinajstić information content (AvgIpc) is 2.72. The molecule has 0 bridgehead atoms. The Morgan fingerprint density at radius 3 is 2.71 bits per heavy atom. The molecule has 0 saturated carbocycles. The maximum atomic E-state index is 12.2. The van der Waals surface area contributed by atoms with Crippen LogP contribution in [0.3, 0.4) is 0 Å². The van der Waals surface area contributed by atoms with Crippen LogP contribution in [0.15, 0.2) is 17.3 Å². The quantitative estimate of drug-likeness (QED) is 0.772. The summed E-state index contributed by atoms with van der Waals surface area (Å²) >= 11 is 0. The normalized spacial score (nSPS) is 13.6. The van der Waals surface area contributed by atoms with Crippen LogP contribution in [-0.2, 0) is 17.1 Å². The molecule has 1 heterocycles. The summed E-state index contributed by atoms with van der Waals surface area (Å²) in [5.74, 6) is -0.332. The molecule has 1 unspecified atom stereocenters. The van der Waals surface area contributed by atoms with Crippen LogP contribution >= 0.6 is 0 Å². The lowest BCUT2D eigenvalue weighted by atomic mass is 10.2. The molecule has 0 aromatic carbocycles. The molecule has 0 N–H and O–H groups in total. The van der Waals surface area contributed by atoms with E-state index in [2.05, 4.69) is 5.10 Å². The molecule has 1 atom stereocenters. The van der Waals surface area contributed by atoms with E-state index < -0.39 is 10.0 Å². The fraction of sp³-hybridized carbons (Fsp3) is 0.600. The Labute approximate surface area is 102 Å². The van der Waals surface area contributed by atoms with Gasteiger partial charge in [-0.1, -0.05) is 6.92 Å². The van der Waals surface area contributed by atoms with Crippen molar-refractivity contribution in [3.63, 3.8) is 0 Å². The lowest BCUT2D eigenvalue weighted by molar-refractivity contribution is 0.400. The molecule has 0 aliphatic rings. The van der Waals surface area contributed by atoms with Gasteiger partial charge in [-0.25, -0.2) is 8.42 Å². The van der Waals surface area contributed by atoms with Gasteiger partial charge in [0.2, 0.25) is 10.0 Å². The van der Waals surface area contributed by atoms with Crippen LogP contribution in [-0.4, -0.2) is 35.6 Å². The molecule has 94 valence electrons. The van der Waals surface area contributed by atoms with E-state index >= 15 is 0 Å². The fourth-order valence-corrected chi connectivity index (χ4v) is 2.95. The first-order valence-electron chi connectivity index (χ1n) is 5.30. The number of hydrogen-bond donors (Lipinski definition) is 0. The first-order chi connectivity index (χ1) is 7.91.